The molecule has 1 fully saturated rings. The van der Waals surface area contributed by atoms with E-state index in [0.29, 0.717) is 18.7 Å². The minimum atomic E-state index is -0.656. The largest absolute Gasteiger partial charge is 0.388 e. The summed E-state index contributed by atoms with van der Waals surface area (Å²) in [7, 11) is 0. The van der Waals surface area contributed by atoms with Crippen LogP contribution in [0.1, 0.15) is 64.4 Å². The van der Waals surface area contributed by atoms with Gasteiger partial charge in [0.2, 0.25) is 0 Å². The first kappa shape index (κ1) is 20.7. The predicted octanol–water partition coefficient (Wildman–Crippen LogP) is 2.04. The Labute approximate surface area is 186 Å². The van der Waals surface area contributed by atoms with Crippen LogP contribution in [0.15, 0.2) is 24.5 Å². The first-order valence-electron chi connectivity index (χ1n) is 11.1. The number of fused-ring (bicyclic) bond motifs is 1. The van der Waals surface area contributed by atoms with Crippen molar-refractivity contribution in [2.45, 2.75) is 58.2 Å². The van der Waals surface area contributed by atoms with Crippen LogP contribution in [0.2, 0.25) is 0 Å². The monoisotopic (exact) mass is 435 g/mol. The maximum absolute atomic E-state index is 12.8. The van der Waals surface area contributed by atoms with Gasteiger partial charge in [-0.15, -0.1) is 0 Å². The lowest BCUT2D eigenvalue weighted by Gasteiger charge is -2.20. The van der Waals surface area contributed by atoms with Crippen molar-refractivity contribution in [3.05, 3.63) is 58.3 Å². The number of aryl methyl sites for hydroxylation is 2. The van der Waals surface area contributed by atoms with Gasteiger partial charge in [0.25, 0.3) is 5.91 Å². The van der Waals surface area contributed by atoms with Crippen molar-refractivity contribution in [3.8, 4) is 0 Å². The number of carbonyl (C=O) groups excluding carboxylic acids is 1. The van der Waals surface area contributed by atoms with Crippen molar-refractivity contribution >= 4 is 11.7 Å². The predicted molar refractivity (Wildman–Crippen MR) is 120 cm³/mol. The Morgan fingerprint density at radius 1 is 1.38 bits per heavy atom. The smallest absolute Gasteiger partial charge is 0.255 e. The van der Waals surface area contributed by atoms with Gasteiger partial charge in [-0.1, -0.05) is 6.07 Å². The molecule has 0 bridgehead atoms. The third kappa shape index (κ3) is 3.88. The zero-order valence-electron chi connectivity index (χ0n) is 18.7. The number of aromatic amines is 1. The van der Waals surface area contributed by atoms with Crippen LogP contribution in [-0.2, 0) is 13.0 Å². The van der Waals surface area contributed by atoms with E-state index in [1.54, 1.807) is 17.1 Å². The number of H-pyrrole nitrogens is 1. The quantitative estimate of drug-likeness (QED) is 0.566. The van der Waals surface area contributed by atoms with Gasteiger partial charge in [-0.2, -0.15) is 10.2 Å². The molecule has 168 valence electrons. The van der Waals surface area contributed by atoms with Gasteiger partial charge in [0.15, 0.2) is 0 Å². The zero-order chi connectivity index (χ0) is 22.5. The Kier molecular flexibility index (Phi) is 5.00. The van der Waals surface area contributed by atoms with E-state index in [0.717, 1.165) is 54.3 Å². The second kappa shape index (κ2) is 7.74. The highest BCUT2D eigenvalue weighted by Crippen LogP contribution is 2.31. The summed E-state index contributed by atoms with van der Waals surface area (Å²) >= 11 is 0. The molecule has 1 aliphatic carbocycles. The van der Waals surface area contributed by atoms with Gasteiger partial charge >= 0.3 is 0 Å². The van der Waals surface area contributed by atoms with E-state index >= 15 is 0 Å². The summed E-state index contributed by atoms with van der Waals surface area (Å²) in [5, 5.41) is 25.0. The lowest BCUT2D eigenvalue weighted by atomic mass is 10.1. The number of carbonyl (C=O) groups is 1. The summed E-state index contributed by atoms with van der Waals surface area (Å²) < 4.78 is 1.76. The Bertz CT molecular complexity index is 1160. The SMILES string of the molecule is Cc1nc(N2CC[C@](C)(O)C2)ccc1Cn1cc(C(=O)N[C@@H]2CCc3c2n[nH]c3C)cn1. The number of nitrogens with one attached hydrogen (secondary N) is 2. The molecular formula is C23H29N7O2. The Balaban J connectivity index is 1.24. The number of nitrogens with zero attached hydrogens (tertiary/aromatic N) is 5. The van der Waals surface area contributed by atoms with Crippen LogP contribution in [0.25, 0.3) is 0 Å². The maximum atomic E-state index is 12.8. The van der Waals surface area contributed by atoms with Crippen molar-refractivity contribution in [1.29, 1.82) is 0 Å². The van der Waals surface area contributed by atoms with Crippen molar-refractivity contribution < 1.29 is 9.90 Å². The lowest BCUT2D eigenvalue weighted by Crippen LogP contribution is -2.30. The van der Waals surface area contributed by atoms with E-state index in [1.165, 1.54) is 5.56 Å². The van der Waals surface area contributed by atoms with Crippen LogP contribution in [0, 0.1) is 13.8 Å². The van der Waals surface area contributed by atoms with Gasteiger partial charge in [-0.25, -0.2) is 4.98 Å². The molecule has 3 aromatic heterocycles. The van der Waals surface area contributed by atoms with Crippen LogP contribution in [-0.4, -0.2) is 54.7 Å². The summed E-state index contributed by atoms with van der Waals surface area (Å²) in [5.41, 5.74) is 5.09. The summed E-state index contributed by atoms with van der Waals surface area (Å²) in [5.74, 6) is 0.745. The number of pyridine rings is 1. The molecule has 1 aliphatic heterocycles. The molecule has 3 aromatic rings. The fraction of sp³-hybridized carbons (Fsp3) is 0.478. The van der Waals surface area contributed by atoms with Gasteiger partial charge in [-0.3, -0.25) is 14.6 Å². The van der Waals surface area contributed by atoms with E-state index in [2.05, 4.69) is 25.5 Å². The molecule has 1 amide bonds. The number of hydrogen-bond donors (Lipinski definition) is 3. The van der Waals surface area contributed by atoms with Crippen LogP contribution in [0.4, 0.5) is 5.82 Å². The number of anilines is 1. The minimum absolute atomic E-state index is 0.0591. The van der Waals surface area contributed by atoms with Crippen molar-refractivity contribution in [2.75, 3.05) is 18.0 Å². The molecule has 9 nitrogen and oxygen atoms in total. The number of aromatic nitrogens is 5. The highest BCUT2D eigenvalue weighted by atomic mass is 16.3. The standard InChI is InChI=1S/C23H29N7O2/c1-14-16(4-7-20(25-14)29-9-8-23(3,32)13-29)11-30-12-17(10-24-30)22(31)26-19-6-5-18-15(2)27-28-21(18)19/h4,7,10,12,19,32H,5-6,8-9,11,13H2,1-3H3,(H,26,31)(H,27,28)/t19-,23+/m1/s1. The molecule has 0 saturated carbocycles. The highest BCUT2D eigenvalue weighted by molar-refractivity contribution is 5.94. The average Bonchev–Trinajstić information content (AvgIpc) is 3.51. The molecule has 5 rings (SSSR count). The molecule has 0 radical (unpaired) electrons. The van der Waals surface area contributed by atoms with Gasteiger partial charge in [0.1, 0.15) is 5.82 Å². The number of hydrogen-bond acceptors (Lipinski definition) is 6. The Hall–Kier alpha value is -3.20. The van der Waals surface area contributed by atoms with E-state index in [4.69, 9.17) is 4.98 Å². The molecular weight excluding hydrogens is 406 g/mol. The third-order valence-electron chi connectivity index (χ3n) is 6.61. The molecule has 2 aliphatic rings. The number of aliphatic hydroxyl groups is 1. The van der Waals surface area contributed by atoms with Crippen LogP contribution in [0.3, 0.4) is 0 Å². The molecule has 0 aromatic carbocycles. The minimum Gasteiger partial charge on any atom is -0.388 e. The molecule has 9 heteroatoms. The molecule has 4 heterocycles. The third-order valence-corrected chi connectivity index (χ3v) is 6.61. The average molecular weight is 436 g/mol. The van der Waals surface area contributed by atoms with Crippen LogP contribution in [0.5, 0.6) is 0 Å². The zero-order valence-corrected chi connectivity index (χ0v) is 18.7. The molecule has 3 N–H and O–H groups in total. The van der Waals surface area contributed by atoms with Gasteiger partial charge in [-0.05, 0) is 57.2 Å². The molecule has 1 saturated heterocycles. The Morgan fingerprint density at radius 2 is 2.22 bits per heavy atom. The maximum Gasteiger partial charge on any atom is 0.255 e. The fourth-order valence-electron chi connectivity index (χ4n) is 4.68. The molecule has 32 heavy (non-hydrogen) atoms. The number of β-amino-alcohol motifs (C(OH)–C–C–N with tert-alkyl or cyclic N) is 1. The van der Waals surface area contributed by atoms with E-state index < -0.39 is 5.60 Å². The van der Waals surface area contributed by atoms with Crippen LogP contribution < -0.4 is 10.2 Å². The first-order valence-corrected chi connectivity index (χ1v) is 11.1. The van der Waals surface area contributed by atoms with Crippen LogP contribution >= 0.6 is 0 Å². The Morgan fingerprint density at radius 3 is 2.97 bits per heavy atom. The van der Waals surface area contributed by atoms with Crippen molar-refractivity contribution in [3.63, 3.8) is 0 Å². The molecule has 0 unspecified atom stereocenters. The summed E-state index contributed by atoms with van der Waals surface area (Å²) in [6.07, 6.45) is 5.92. The summed E-state index contributed by atoms with van der Waals surface area (Å²) in [4.78, 5) is 19.6. The second-order valence-corrected chi connectivity index (χ2v) is 9.29. The van der Waals surface area contributed by atoms with Crippen molar-refractivity contribution in [2.24, 2.45) is 0 Å². The number of rotatable bonds is 5. The van der Waals surface area contributed by atoms with E-state index in [-0.39, 0.29) is 11.9 Å². The fourth-order valence-corrected chi connectivity index (χ4v) is 4.68. The van der Waals surface area contributed by atoms with Gasteiger partial charge in [0.05, 0.1) is 35.6 Å². The van der Waals surface area contributed by atoms with Gasteiger partial charge < -0.3 is 15.3 Å². The van der Waals surface area contributed by atoms with E-state index in [1.807, 2.05) is 32.9 Å². The summed E-state index contributed by atoms with van der Waals surface area (Å²) in [6, 6.07) is 3.98. The summed E-state index contributed by atoms with van der Waals surface area (Å²) in [6.45, 7) is 7.79. The van der Waals surface area contributed by atoms with Crippen molar-refractivity contribution in [1.82, 2.24) is 30.3 Å². The number of amides is 1. The van der Waals surface area contributed by atoms with Gasteiger partial charge in [0, 0.05) is 30.7 Å². The normalized spacial score (nSPS) is 22.4. The molecule has 0 spiro atoms. The second-order valence-electron chi connectivity index (χ2n) is 9.29. The highest BCUT2D eigenvalue weighted by Gasteiger charge is 2.32. The lowest BCUT2D eigenvalue weighted by molar-refractivity contribution is 0.0838. The molecule has 2 atom stereocenters. The van der Waals surface area contributed by atoms with E-state index in [9.17, 15) is 9.90 Å². The topological polar surface area (TPSA) is 112 Å². The first-order chi connectivity index (χ1) is 15.3.